The van der Waals surface area contributed by atoms with E-state index in [4.69, 9.17) is 9.72 Å². The Labute approximate surface area is 508 Å². The van der Waals surface area contributed by atoms with E-state index >= 15 is 0 Å². The number of pyridine rings is 1. The first-order valence-electron chi connectivity index (χ1n) is 29.6. The molecule has 12 aromatic rings. The van der Waals surface area contributed by atoms with E-state index in [1.165, 1.54) is 72.3 Å². The molecule has 0 saturated carbocycles. The molecule has 0 radical (unpaired) electrons. The molecule has 0 unspecified atom stereocenters. The van der Waals surface area contributed by atoms with Gasteiger partial charge in [-0.3, -0.25) is 4.57 Å². The molecule has 0 fully saturated rings. The molecule has 4 heterocycles. The molecule has 9 aromatic carbocycles. The fourth-order valence-electron chi connectivity index (χ4n) is 14.6. The van der Waals surface area contributed by atoms with Crippen LogP contribution in [-0.2, 0) is 48.1 Å². The first kappa shape index (κ1) is 53.9. The normalized spacial score (nSPS) is 15.8. The number of nitrogens with zero attached hydrogens (tertiary/aromatic N) is 4. The summed E-state index contributed by atoms with van der Waals surface area (Å²) in [4.78, 5) is 4.95. The molecule has 1 aliphatic heterocycles. The first-order valence-corrected chi connectivity index (χ1v) is 29.6. The number of hydrogen-bond donors (Lipinski definition) is 0. The van der Waals surface area contributed by atoms with Gasteiger partial charge in [0.2, 0.25) is 0 Å². The van der Waals surface area contributed by atoms with Gasteiger partial charge < -0.3 is 13.9 Å². The summed E-state index contributed by atoms with van der Waals surface area (Å²) in [5.74, 6) is 2.01. The van der Waals surface area contributed by atoms with E-state index in [0.717, 1.165) is 74.0 Å². The molecule has 0 bridgehead atoms. The van der Waals surface area contributed by atoms with Crippen LogP contribution in [0.5, 0.6) is 11.5 Å². The maximum absolute atomic E-state index is 6.96. The molecule has 0 amide bonds. The summed E-state index contributed by atoms with van der Waals surface area (Å²) >= 11 is 0. The number of ether oxygens (including phenoxy) is 1. The largest absolute Gasteiger partial charge is 0.510 e. The number of benzene rings is 9. The Morgan fingerprint density at radius 3 is 1.87 bits per heavy atom. The van der Waals surface area contributed by atoms with Crippen molar-refractivity contribution in [2.75, 3.05) is 0 Å². The number of hydrogen-bond acceptors (Lipinski definition) is 2. The van der Waals surface area contributed by atoms with Crippen molar-refractivity contribution in [3.05, 3.63) is 246 Å². The third kappa shape index (κ3) is 8.05. The zero-order valence-electron chi connectivity index (χ0n) is 49.8. The number of rotatable bonds is 5. The zero-order chi connectivity index (χ0) is 57.1. The van der Waals surface area contributed by atoms with Gasteiger partial charge in [-0.1, -0.05) is 203 Å². The molecule has 84 heavy (non-hydrogen) atoms. The summed E-state index contributed by atoms with van der Waals surface area (Å²) < 4.78 is 13.9. The van der Waals surface area contributed by atoms with Gasteiger partial charge in [-0.25, -0.2) is 4.98 Å². The average molecular weight is 1270 g/mol. The SMILES string of the molecule is CC(C)(C)c1ccnc(-n2c3[c-]c(Oc4[c-]c(-n5[c-][n+]6c7c(c8c(cc75)C(C)(C)c5ccccc5C8(C)C)-c5ccccc5-c5cc7c(cc5-c5cccc(-c8ccccc8)c5-6)C(C)(C)CCC7(C)C)ccc4)ccc3c3ccccc32)c1.[Pt]. The second kappa shape index (κ2) is 18.9. The van der Waals surface area contributed by atoms with Crippen LogP contribution >= 0.6 is 0 Å². The van der Waals surface area contributed by atoms with Crippen LogP contribution in [0.25, 0.3) is 94.5 Å². The van der Waals surface area contributed by atoms with Crippen LogP contribution in [0, 0.1) is 18.5 Å². The van der Waals surface area contributed by atoms with Crippen molar-refractivity contribution in [3.63, 3.8) is 0 Å². The van der Waals surface area contributed by atoms with Gasteiger partial charge in [0.05, 0.1) is 16.7 Å². The van der Waals surface area contributed by atoms with E-state index in [2.05, 4.69) is 278 Å². The molecule has 5 nitrogen and oxygen atoms in total. The molecule has 15 rings (SSSR count). The second-order valence-corrected chi connectivity index (χ2v) is 27.0. The minimum atomic E-state index is -0.396. The van der Waals surface area contributed by atoms with Crippen LogP contribution in [0.15, 0.2) is 188 Å². The Morgan fingerprint density at radius 2 is 1.13 bits per heavy atom. The van der Waals surface area contributed by atoms with Crippen LogP contribution in [-0.4, -0.2) is 14.1 Å². The molecular weight excluding hydrogens is 1200 g/mol. The Balaban J connectivity index is 0.00000627. The Kier molecular flexibility index (Phi) is 12.2. The van der Waals surface area contributed by atoms with Crippen LogP contribution in [0.4, 0.5) is 0 Å². The molecule has 0 saturated heterocycles. The van der Waals surface area contributed by atoms with Crippen molar-refractivity contribution in [1.82, 2.24) is 14.1 Å². The van der Waals surface area contributed by atoms with Crippen LogP contribution in [0.3, 0.4) is 0 Å². The summed E-state index contributed by atoms with van der Waals surface area (Å²) in [5.41, 5.74) is 24.2. The van der Waals surface area contributed by atoms with Crippen LogP contribution in [0.2, 0.25) is 0 Å². The van der Waals surface area contributed by atoms with Crippen molar-refractivity contribution in [1.29, 1.82) is 0 Å². The average Bonchev–Trinajstić information content (AvgIpc) is 1.91. The van der Waals surface area contributed by atoms with Crippen molar-refractivity contribution in [3.8, 4) is 73.2 Å². The Morgan fingerprint density at radius 1 is 0.512 bits per heavy atom. The van der Waals surface area contributed by atoms with Gasteiger partial charge in [-0.2, -0.15) is 18.2 Å². The predicted molar refractivity (Wildman–Crippen MR) is 340 cm³/mol. The molecule has 0 atom stereocenters. The molecule has 0 N–H and O–H groups in total. The molecule has 418 valence electrons. The molecule has 2 aliphatic carbocycles. The number of imidazole rings is 1. The van der Waals surface area contributed by atoms with Gasteiger partial charge in [-0.15, -0.1) is 29.7 Å². The van der Waals surface area contributed by atoms with Crippen LogP contribution in [0.1, 0.15) is 128 Å². The third-order valence-corrected chi connectivity index (χ3v) is 19.2. The summed E-state index contributed by atoms with van der Waals surface area (Å²) in [7, 11) is 0. The van der Waals surface area contributed by atoms with Crippen LogP contribution < -0.4 is 9.30 Å². The van der Waals surface area contributed by atoms with Gasteiger partial charge in [0.15, 0.2) is 0 Å². The fraction of sp³-hybridized carbons (Fsp3) is 0.231. The van der Waals surface area contributed by atoms with Crippen molar-refractivity contribution < 1.29 is 30.4 Å². The summed E-state index contributed by atoms with van der Waals surface area (Å²) in [6, 6.07) is 74.8. The summed E-state index contributed by atoms with van der Waals surface area (Å²) in [5, 5.41) is 2.22. The van der Waals surface area contributed by atoms with Gasteiger partial charge in [0.1, 0.15) is 5.82 Å². The summed E-state index contributed by atoms with van der Waals surface area (Å²) in [6.45, 7) is 26.3. The minimum Gasteiger partial charge on any atom is -0.510 e. The number of fused-ring (bicyclic) bond motifs is 14. The Hall–Kier alpha value is -8.11. The van der Waals surface area contributed by atoms with E-state index in [1.807, 2.05) is 18.3 Å². The van der Waals surface area contributed by atoms with Crippen molar-refractivity contribution in [2.24, 2.45) is 0 Å². The molecular formula is C78H68N4OPt-2. The van der Waals surface area contributed by atoms with E-state index in [0.29, 0.717) is 11.5 Å². The van der Waals surface area contributed by atoms with Gasteiger partial charge in [0, 0.05) is 55.1 Å². The van der Waals surface area contributed by atoms with E-state index < -0.39 is 5.41 Å². The number of para-hydroxylation sites is 2. The maximum Gasteiger partial charge on any atom is 0.268 e. The zero-order valence-corrected chi connectivity index (χ0v) is 52.1. The molecule has 6 heteroatoms. The number of aromatic nitrogens is 4. The monoisotopic (exact) mass is 1270 g/mol. The van der Waals surface area contributed by atoms with Gasteiger partial charge in [-0.05, 0) is 154 Å². The maximum atomic E-state index is 6.96. The van der Waals surface area contributed by atoms with Crippen molar-refractivity contribution >= 4 is 32.8 Å². The summed E-state index contributed by atoms with van der Waals surface area (Å²) in [6.07, 6.45) is 8.33. The molecule has 0 spiro atoms. The van der Waals surface area contributed by atoms with E-state index in [-0.39, 0.29) is 42.7 Å². The third-order valence-electron chi connectivity index (χ3n) is 19.2. The smallest absolute Gasteiger partial charge is 0.268 e. The van der Waals surface area contributed by atoms with E-state index in [9.17, 15) is 0 Å². The topological polar surface area (TPSA) is 35.9 Å². The minimum absolute atomic E-state index is 0. The van der Waals surface area contributed by atoms with Gasteiger partial charge >= 0.3 is 0 Å². The standard InChI is InChI=1S/C78H68N4O.Pt/c1-74(2,3)49-37-40-79-69(41-49)82-66-34-20-17-28-55(66)56-36-35-52(43-67(56)82)83-51-26-21-25-50(42-51)80-47-81-72-53(48-23-13-12-14-24-48)30-22-31-58(72)60-45-64-63(75(4,5)38-39-76(64,6)7)44-59(60)54-27-15-16-29-57(54)70-71-65(46-68(80)73(70)81)77(8,9)61-32-18-19-33-62(61)78(71,10)11;/h12-37,40-41,44-46H,38-39H2,1-11H3;/q-2;. The van der Waals surface area contributed by atoms with E-state index in [1.54, 1.807) is 0 Å². The Bertz CT molecular complexity index is 4700. The first-order chi connectivity index (χ1) is 39.8. The van der Waals surface area contributed by atoms with Crippen molar-refractivity contribution in [2.45, 2.75) is 116 Å². The fourth-order valence-corrected chi connectivity index (χ4v) is 14.6. The molecule has 3 aliphatic rings. The predicted octanol–water partition coefficient (Wildman–Crippen LogP) is 19.2. The quantitative estimate of drug-likeness (QED) is 0.127. The second-order valence-electron chi connectivity index (χ2n) is 27.0. The molecule has 3 aromatic heterocycles. The van der Waals surface area contributed by atoms with Gasteiger partial charge in [0.25, 0.3) is 6.33 Å².